The number of ether oxygens (including phenoxy) is 2. The topological polar surface area (TPSA) is 76.7 Å². The summed E-state index contributed by atoms with van der Waals surface area (Å²) in [6, 6.07) is 12.4. The van der Waals surface area contributed by atoms with Crippen LogP contribution in [0.15, 0.2) is 46.9 Å². The maximum absolute atomic E-state index is 11.9. The summed E-state index contributed by atoms with van der Waals surface area (Å²) in [6.45, 7) is 0.415. The van der Waals surface area contributed by atoms with Gasteiger partial charge in [-0.05, 0) is 45.8 Å². The number of carbonyl (C=O) groups is 2. The molecule has 1 heterocycles. The first-order valence-electron chi connectivity index (χ1n) is 6.86. The Morgan fingerprint density at radius 2 is 1.83 bits per heavy atom. The fraction of sp³-hybridized carbons (Fsp3) is 0.125. The molecule has 1 aliphatic rings. The van der Waals surface area contributed by atoms with Crippen LogP contribution in [-0.2, 0) is 16.1 Å². The van der Waals surface area contributed by atoms with Crippen LogP contribution in [0.1, 0.15) is 5.56 Å². The summed E-state index contributed by atoms with van der Waals surface area (Å²) in [4.78, 5) is 23.8. The molecule has 0 fully saturated rings. The molecule has 3 rings (SSSR count). The second kappa shape index (κ2) is 6.70. The number of rotatable bonds is 3. The lowest BCUT2D eigenvalue weighted by atomic mass is 10.2. The highest BCUT2D eigenvalue weighted by molar-refractivity contribution is 9.10. The lowest BCUT2D eigenvalue weighted by molar-refractivity contribution is -0.136. The molecule has 0 spiro atoms. The van der Waals surface area contributed by atoms with Crippen LogP contribution in [0.2, 0.25) is 0 Å². The average molecular weight is 377 g/mol. The standard InChI is InChI=1S/C16H13BrN2O4/c17-11-3-1-2-4-12(11)19-16(21)15(20)18-8-10-5-6-13-14(7-10)23-9-22-13/h1-7H,8-9H2,(H,18,20)(H,19,21). The summed E-state index contributed by atoms with van der Waals surface area (Å²) < 4.78 is 11.2. The summed E-state index contributed by atoms with van der Waals surface area (Å²) in [6.07, 6.45) is 0. The molecule has 2 aromatic carbocycles. The van der Waals surface area contributed by atoms with Crippen molar-refractivity contribution in [2.45, 2.75) is 6.54 Å². The molecule has 0 radical (unpaired) electrons. The van der Waals surface area contributed by atoms with Crippen LogP contribution in [0.3, 0.4) is 0 Å². The zero-order valence-electron chi connectivity index (χ0n) is 12.0. The Bertz CT molecular complexity index is 763. The summed E-state index contributed by atoms with van der Waals surface area (Å²) in [7, 11) is 0. The Morgan fingerprint density at radius 1 is 1.04 bits per heavy atom. The van der Waals surface area contributed by atoms with E-state index >= 15 is 0 Å². The number of hydrogen-bond acceptors (Lipinski definition) is 4. The highest BCUT2D eigenvalue weighted by Gasteiger charge is 2.16. The van der Waals surface area contributed by atoms with Crippen LogP contribution < -0.4 is 20.1 Å². The number of benzene rings is 2. The number of nitrogens with one attached hydrogen (secondary N) is 2. The number of para-hydroxylation sites is 1. The SMILES string of the molecule is O=C(NCc1ccc2c(c1)OCO2)C(=O)Nc1ccccc1Br. The van der Waals surface area contributed by atoms with Crippen molar-refractivity contribution in [1.29, 1.82) is 0 Å². The van der Waals surface area contributed by atoms with E-state index in [4.69, 9.17) is 9.47 Å². The molecule has 2 amide bonds. The third kappa shape index (κ3) is 3.62. The van der Waals surface area contributed by atoms with Gasteiger partial charge in [-0.15, -0.1) is 0 Å². The van der Waals surface area contributed by atoms with Crippen molar-refractivity contribution in [3.8, 4) is 11.5 Å². The molecule has 1 aliphatic heterocycles. The van der Waals surface area contributed by atoms with Crippen molar-refractivity contribution in [3.63, 3.8) is 0 Å². The average Bonchev–Trinajstić information content (AvgIpc) is 3.02. The summed E-state index contributed by atoms with van der Waals surface area (Å²) in [5, 5.41) is 5.11. The van der Waals surface area contributed by atoms with E-state index in [1.165, 1.54) is 0 Å². The molecule has 0 saturated carbocycles. The zero-order chi connectivity index (χ0) is 16.2. The first-order valence-corrected chi connectivity index (χ1v) is 7.65. The van der Waals surface area contributed by atoms with E-state index in [0.717, 1.165) is 5.56 Å². The smallest absolute Gasteiger partial charge is 0.313 e. The molecule has 0 saturated heterocycles. The predicted octanol–water partition coefficient (Wildman–Crippen LogP) is 2.43. The Kier molecular flexibility index (Phi) is 4.47. The van der Waals surface area contributed by atoms with Gasteiger partial charge in [0.15, 0.2) is 11.5 Å². The van der Waals surface area contributed by atoms with Crippen molar-refractivity contribution in [3.05, 3.63) is 52.5 Å². The van der Waals surface area contributed by atoms with Gasteiger partial charge in [0, 0.05) is 11.0 Å². The van der Waals surface area contributed by atoms with E-state index in [1.807, 2.05) is 6.07 Å². The molecule has 0 aromatic heterocycles. The number of fused-ring (bicyclic) bond motifs is 1. The molecule has 2 aromatic rings. The molecule has 0 bridgehead atoms. The van der Waals surface area contributed by atoms with Gasteiger partial charge in [-0.25, -0.2) is 0 Å². The third-order valence-corrected chi connectivity index (χ3v) is 3.91. The molecule has 0 aliphatic carbocycles. The first kappa shape index (κ1) is 15.4. The fourth-order valence-corrected chi connectivity index (χ4v) is 2.44. The van der Waals surface area contributed by atoms with E-state index in [0.29, 0.717) is 21.7 Å². The van der Waals surface area contributed by atoms with E-state index in [2.05, 4.69) is 26.6 Å². The van der Waals surface area contributed by atoms with Crippen LogP contribution in [0.25, 0.3) is 0 Å². The highest BCUT2D eigenvalue weighted by atomic mass is 79.9. The van der Waals surface area contributed by atoms with Gasteiger partial charge in [0.05, 0.1) is 5.69 Å². The van der Waals surface area contributed by atoms with Gasteiger partial charge in [-0.1, -0.05) is 18.2 Å². The molecule has 0 atom stereocenters. The van der Waals surface area contributed by atoms with Gasteiger partial charge >= 0.3 is 11.8 Å². The number of carbonyl (C=O) groups excluding carboxylic acids is 2. The van der Waals surface area contributed by atoms with Gasteiger partial charge in [0.1, 0.15) is 0 Å². The van der Waals surface area contributed by atoms with E-state index < -0.39 is 11.8 Å². The second-order valence-electron chi connectivity index (χ2n) is 4.80. The Hall–Kier alpha value is -2.54. The van der Waals surface area contributed by atoms with Crippen molar-refractivity contribution in [2.24, 2.45) is 0 Å². The van der Waals surface area contributed by atoms with E-state index in [9.17, 15) is 9.59 Å². The number of hydrogen-bond donors (Lipinski definition) is 2. The Labute approximate surface area is 140 Å². The summed E-state index contributed by atoms with van der Waals surface area (Å²) in [5.41, 5.74) is 1.35. The number of anilines is 1. The van der Waals surface area contributed by atoms with Gasteiger partial charge in [0.25, 0.3) is 0 Å². The van der Waals surface area contributed by atoms with Crippen molar-refractivity contribution < 1.29 is 19.1 Å². The summed E-state index contributed by atoms with van der Waals surface area (Å²) in [5.74, 6) is -0.128. The van der Waals surface area contributed by atoms with Crippen molar-refractivity contribution >= 4 is 33.4 Å². The molecule has 7 heteroatoms. The molecular weight excluding hydrogens is 364 g/mol. The van der Waals surface area contributed by atoms with Crippen molar-refractivity contribution in [1.82, 2.24) is 5.32 Å². The Morgan fingerprint density at radius 3 is 2.65 bits per heavy atom. The van der Waals surface area contributed by atoms with Crippen LogP contribution in [0.4, 0.5) is 5.69 Å². The number of amides is 2. The van der Waals surface area contributed by atoms with Gasteiger partial charge < -0.3 is 20.1 Å². The minimum atomic E-state index is -0.724. The largest absolute Gasteiger partial charge is 0.454 e. The van der Waals surface area contributed by atoms with Gasteiger partial charge in [0.2, 0.25) is 6.79 Å². The lowest BCUT2D eigenvalue weighted by Gasteiger charge is -2.08. The Balaban J connectivity index is 1.57. The fourth-order valence-electron chi connectivity index (χ4n) is 2.06. The first-order chi connectivity index (χ1) is 11.1. The minimum absolute atomic E-state index is 0.194. The zero-order valence-corrected chi connectivity index (χ0v) is 13.6. The second-order valence-corrected chi connectivity index (χ2v) is 5.66. The van der Waals surface area contributed by atoms with Crippen LogP contribution in [0.5, 0.6) is 11.5 Å². The van der Waals surface area contributed by atoms with E-state index in [-0.39, 0.29) is 13.3 Å². The molecule has 6 nitrogen and oxygen atoms in total. The molecule has 0 unspecified atom stereocenters. The monoisotopic (exact) mass is 376 g/mol. The highest BCUT2D eigenvalue weighted by Crippen LogP contribution is 2.32. The maximum Gasteiger partial charge on any atom is 0.313 e. The minimum Gasteiger partial charge on any atom is -0.454 e. The molecule has 23 heavy (non-hydrogen) atoms. The lowest BCUT2D eigenvalue weighted by Crippen LogP contribution is -2.35. The maximum atomic E-state index is 11.9. The van der Waals surface area contributed by atoms with E-state index in [1.54, 1.807) is 36.4 Å². The third-order valence-electron chi connectivity index (χ3n) is 3.22. The van der Waals surface area contributed by atoms with Crippen LogP contribution in [0, 0.1) is 0 Å². The van der Waals surface area contributed by atoms with Crippen LogP contribution in [-0.4, -0.2) is 18.6 Å². The predicted molar refractivity (Wildman–Crippen MR) is 87.2 cm³/mol. The molecule has 2 N–H and O–H groups in total. The van der Waals surface area contributed by atoms with Gasteiger partial charge in [-0.3, -0.25) is 9.59 Å². The number of halogens is 1. The van der Waals surface area contributed by atoms with Crippen molar-refractivity contribution in [2.75, 3.05) is 12.1 Å². The molecule has 118 valence electrons. The normalized spacial score (nSPS) is 11.9. The summed E-state index contributed by atoms with van der Waals surface area (Å²) >= 11 is 3.31. The quantitative estimate of drug-likeness (QED) is 0.806. The molecular formula is C16H13BrN2O4. The van der Waals surface area contributed by atoms with Gasteiger partial charge in [-0.2, -0.15) is 0 Å². The van der Waals surface area contributed by atoms with Crippen LogP contribution >= 0.6 is 15.9 Å².